The summed E-state index contributed by atoms with van der Waals surface area (Å²) in [5, 5.41) is 0. The molecule has 0 radical (unpaired) electrons. The van der Waals surface area contributed by atoms with Crippen LogP contribution in [0.5, 0.6) is 0 Å². The number of hydrogen-bond acceptors (Lipinski definition) is 2. The van der Waals surface area contributed by atoms with E-state index < -0.39 is 8.32 Å². The fourth-order valence-corrected chi connectivity index (χ4v) is 11.6. The summed E-state index contributed by atoms with van der Waals surface area (Å²) in [6.45, 7) is 22.5. The maximum Gasteiger partial charge on any atom is 0.200 e. The average molecular weight is 365 g/mol. The molecule has 0 amide bonds. The van der Waals surface area contributed by atoms with E-state index in [0.29, 0.717) is 40.7 Å². The highest BCUT2D eigenvalue weighted by Gasteiger charge is 2.55. The Morgan fingerprint density at radius 1 is 1.12 bits per heavy atom. The number of hydrogen-bond donors (Lipinski definition) is 0. The molecule has 0 saturated heterocycles. The van der Waals surface area contributed by atoms with Crippen molar-refractivity contribution in [3.8, 4) is 0 Å². The summed E-state index contributed by atoms with van der Waals surface area (Å²) >= 11 is 0. The third-order valence-corrected chi connectivity index (χ3v) is 13.7. The van der Waals surface area contributed by atoms with Gasteiger partial charge in [-0.2, -0.15) is 0 Å². The van der Waals surface area contributed by atoms with Crippen molar-refractivity contribution in [3.63, 3.8) is 0 Å². The van der Waals surface area contributed by atoms with Gasteiger partial charge in [-0.25, -0.2) is 0 Å². The summed E-state index contributed by atoms with van der Waals surface area (Å²) in [5.74, 6) is 1.30. The second-order valence-electron chi connectivity index (χ2n) is 10.0. The van der Waals surface area contributed by atoms with Gasteiger partial charge in [0.1, 0.15) is 5.78 Å². The molecule has 3 heteroatoms. The molecule has 0 aromatic rings. The van der Waals surface area contributed by atoms with Gasteiger partial charge in [-0.1, -0.05) is 60.6 Å². The van der Waals surface area contributed by atoms with E-state index in [1.807, 2.05) is 0 Å². The van der Waals surface area contributed by atoms with Gasteiger partial charge in [-0.3, -0.25) is 4.79 Å². The van der Waals surface area contributed by atoms with Gasteiger partial charge in [0, 0.05) is 17.9 Å². The molecular weight excluding hydrogens is 324 g/mol. The van der Waals surface area contributed by atoms with Crippen LogP contribution in [0, 0.1) is 17.3 Å². The van der Waals surface area contributed by atoms with Crippen molar-refractivity contribution < 1.29 is 9.22 Å². The lowest BCUT2D eigenvalue weighted by atomic mass is 9.64. The van der Waals surface area contributed by atoms with Gasteiger partial charge in [0.05, 0.1) is 0 Å². The van der Waals surface area contributed by atoms with Crippen LogP contribution in [0.15, 0.2) is 12.2 Å². The second kappa shape index (κ2) is 7.30. The molecule has 0 spiro atoms. The summed E-state index contributed by atoms with van der Waals surface area (Å²) in [4.78, 5) is 12.9. The molecule has 2 nitrogen and oxygen atoms in total. The van der Waals surface area contributed by atoms with Crippen LogP contribution in [-0.2, 0) is 9.22 Å². The smallest absolute Gasteiger partial charge is 0.200 e. The summed E-state index contributed by atoms with van der Waals surface area (Å²) in [5.41, 5.74) is 2.81. The minimum Gasteiger partial charge on any atom is -0.413 e. The monoisotopic (exact) mass is 364 g/mol. The van der Waals surface area contributed by atoms with E-state index in [2.05, 4.69) is 62.0 Å². The molecule has 144 valence electrons. The minimum atomic E-state index is -1.88. The first-order valence-corrected chi connectivity index (χ1v) is 12.5. The highest BCUT2D eigenvalue weighted by atomic mass is 28.4. The zero-order valence-electron chi connectivity index (χ0n) is 17.8. The van der Waals surface area contributed by atoms with Crippen molar-refractivity contribution in [1.29, 1.82) is 0 Å². The van der Waals surface area contributed by atoms with Crippen LogP contribution in [-0.4, -0.2) is 20.2 Å². The van der Waals surface area contributed by atoms with Crippen LogP contribution in [0.2, 0.25) is 16.6 Å². The maximum atomic E-state index is 12.9. The molecule has 2 aliphatic rings. The molecule has 25 heavy (non-hydrogen) atoms. The summed E-state index contributed by atoms with van der Waals surface area (Å²) in [6, 6.07) is 0. The Hall–Kier alpha value is -0.413. The van der Waals surface area contributed by atoms with Crippen molar-refractivity contribution in [1.82, 2.24) is 0 Å². The molecule has 0 bridgehead atoms. The quantitative estimate of drug-likeness (QED) is 0.396. The number of rotatable bonds is 6. The van der Waals surface area contributed by atoms with Crippen LogP contribution in [0.1, 0.15) is 81.1 Å². The standard InChI is InChI=1S/C22H40O2Si/c1-14(2)18-10-19-12-20(13-22(19,9)21(23)11-18)24-25(15(3)4,16(5)6)17(7)8/h15-20H,1,10-13H2,2-9H3/t18-,19+,20+,22-/m0/s1. The molecule has 0 aromatic carbocycles. The fourth-order valence-electron chi connectivity index (χ4n) is 6.04. The molecule has 0 aliphatic heterocycles. The van der Waals surface area contributed by atoms with Crippen LogP contribution in [0.4, 0.5) is 0 Å². The lowest BCUT2D eigenvalue weighted by Gasteiger charge is -2.44. The number of carbonyl (C=O) groups excluding carboxylic acids is 1. The Bertz CT molecular complexity index is 500. The van der Waals surface area contributed by atoms with Gasteiger partial charge < -0.3 is 4.43 Å². The first kappa shape index (κ1) is 20.9. The van der Waals surface area contributed by atoms with Crippen LogP contribution in [0.25, 0.3) is 0 Å². The largest absolute Gasteiger partial charge is 0.413 e. The molecule has 2 aliphatic carbocycles. The second-order valence-corrected chi connectivity index (χ2v) is 15.4. The lowest BCUT2D eigenvalue weighted by molar-refractivity contribution is -0.134. The van der Waals surface area contributed by atoms with E-state index in [9.17, 15) is 4.79 Å². The van der Waals surface area contributed by atoms with Crippen molar-refractivity contribution in [2.45, 2.75) is 104 Å². The molecule has 0 aromatic heterocycles. The first-order valence-electron chi connectivity index (χ1n) is 10.3. The molecule has 0 heterocycles. The Morgan fingerprint density at radius 3 is 2.08 bits per heavy atom. The van der Waals surface area contributed by atoms with Gasteiger partial charge in [0.25, 0.3) is 0 Å². The van der Waals surface area contributed by atoms with Gasteiger partial charge in [-0.15, -0.1) is 0 Å². The summed E-state index contributed by atoms with van der Waals surface area (Å²) < 4.78 is 7.05. The van der Waals surface area contributed by atoms with Gasteiger partial charge in [0.15, 0.2) is 0 Å². The summed E-state index contributed by atoms with van der Waals surface area (Å²) in [6.07, 6.45) is 4.07. The van der Waals surface area contributed by atoms with Crippen molar-refractivity contribution in [3.05, 3.63) is 12.2 Å². The molecule has 0 unspecified atom stereocenters. The molecule has 2 fully saturated rings. The predicted molar refractivity (Wildman–Crippen MR) is 109 cm³/mol. The zero-order valence-corrected chi connectivity index (χ0v) is 18.8. The molecular formula is C22H40O2Si. The third kappa shape index (κ3) is 3.56. The lowest BCUT2D eigenvalue weighted by Crippen LogP contribution is -2.50. The number of ketones is 1. The number of Topliss-reactive ketones (excluding diaryl/α,β-unsaturated/α-hetero) is 1. The molecule has 2 rings (SSSR count). The first-order chi connectivity index (χ1) is 11.4. The summed E-state index contributed by atoms with van der Waals surface area (Å²) in [7, 11) is -1.88. The van der Waals surface area contributed by atoms with Crippen molar-refractivity contribution in [2.75, 3.05) is 0 Å². The van der Waals surface area contributed by atoms with Crippen molar-refractivity contribution >= 4 is 14.1 Å². The normalized spacial score (nSPS) is 33.4. The number of allylic oxidation sites excluding steroid dienone is 1. The van der Waals surface area contributed by atoms with Gasteiger partial charge >= 0.3 is 0 Å². The van der Waals surface area contributed by atoms with E-state index in [1.54, 1.807) is 0 Å². The van der Waals surface area contributed by atoms with E-state index in [-0.39, 0.29) is 11.5 Å². The highest BCUT2D eigenvalue weighted by molar-refractivity contribution is 6.77. The van der Waals surface area contributed by atoms with Crippen LogP contribution < -0.4 is 0 Å². The topological polar surface area (TPSA) is 26.3 Å². The Labute approximate surface area is 156 Å². The SMILES string of the molecule is C=C(C)[C@@H]1CC(=O)[C@@]2(C)C[C@H](O[Si](C(C)C)(C(C)C)C(C)C)C[C@H]2C1. The predicted octanol–water partition coefficient (Wildman–Crippen LogP) is 6.52. The van der Waals surface area contributed by atoms with Crippen LogP contribution >= 0.6 is 0 Å². The number of fused-ring (bicyclic) bond motifs is 1. The van der Waals surface area contributed by atoms with E-state index in [0.717, 1.165) is 19.3 Å². The number of carbonyl (C=O) groups is 1. The Kier molecular flexibility index (Phi) is 6.10. The molecule has 4 atom stereocenters. The highest BCUT2D eigenvalue weighted by Crippen LogP contribution is 2.55. The van der Waals surface area contributed by atoms with Gasteiger partial charge in [0.2, 0.25) is 8.32 Å². The zero-order chi connectivity index (χ0) is 19.2. The minimum absolute atomic E-state index is 0.165. The fraction of sp³-hybridized carbons (Fsp3) is 0.864. The van der Waals surface area contributed by atoms with E-state index >= 15 is 0 Å². The maximum absolute atomic E-state index is 12.9. The Morgan fingerprint density at radius 2 is 1.64 bits per heavy atom. The molecule has 0 N–H and O–H groups in total. The van der Waals surface area contributed by atoms with Crippen LogP contribution in [0.3, 0.4) is 0 Å². The van der Waals surface area contributed by atoms with Crippen molar-refractivity contribution in [2.24, 2.45) is 17.3 Å². The van der Waals surface area contributed by atoms with E-state index in [4.69, 9.17) is 4.43 Å². The average Bonchev–Trinajstić information content (AvgIpc) is 2.80. The Balaban J connectivity index is 2.23. The van der Waals surface area contributed by atoms with E-state index in [1.165, 1.54) is 5.57 Å². The molecule has 2 saturated carbocycles. The van der Waals surface area contributed by atoms with Gasteiger partial charge in [-0.05, 0) is 54.6 Å². The third-order valence-electron chi connectivity index (χ3n) is 7.51.